The Morgan fingerprint density at radius 1 is 1.06 bits per heavy atom. The molecule has 2 saturated heterocycles. The predicted octanol–water partition coefficient (Wildman–Crippen LogP) is 2.95. The van der Waals surface area contributed by atoms with E-state index in [9.17, 15) is 9.50 Å². The Bertz CT molecular complexity index is 1090. The maximum atomic E-state index is 12.8. The highest BCUT2D eigenvalue weighted by Gasteiger charge is 2.28. The standard InChI is InChI=1S/C23H29FN6O2/c1-16-25-22(29-12-10-28(9-8-24)11-13-29)20-23(26-16)30(17-6-14-32-15-7-17)21(27-20)18-4-2-3-5-19(18)31/h2-5,17,31H,6-15H2,1H3. The van der Waals surface area contributed by atoms with Crippen molar-refractivity contribution in [3.05, 3.63) is 30.1 Å². The molecular weight excluding hydrogens is 411 g/mol. The summed E-state index contributed by atoms with van der Waals surface area (Å²) in [7, 11) is 0. The molecule has 32 heavy (non-hydrogen) atoms. The number of hydrogen-bond donors (Lipinski definition) is 1. The molecular formula is C23H29FN6O2. The topological polar surface area (TPSA) is 79.5 Å². The van der Waals surface area contributed by atoms with Gasteiger partial charge in [-0.1, -0.05) is 12.1 Å². The molecule has 0 aliphatic carbocycles. The SMILES string of the molecule is Cc1nc(N2CCN(CCF)CC2)c2nc(-c3ccccc3O)n(C3CCOCC3)c2n1. The summed E-state index contributed by atoms with van der Waals surface area (Å²) < 4.78 is 20.5. The van der Waals surface area contributed by atoms with Crippen molar-refractivity contribution in [2.45, 2.75) is 25.8 Å². The first-order valence-corrected chi connectivity index (χ1v) is 11.3. The summed E-state index contributed by atoms with van der Waals surface area (Å²) in [4.78, 5) is 18.9. The van der Waals surface area contributed by atoms with E-state index in [1.165, 1.54) is 0 Å². The number of aromatic nitrogens is 4. The average Bonchev–Trinajstić information content (AvgIpc) is 3.19. The molecule has 0 spiro atoms. The minimum Gasteiger partial charge on any atom is -0.507 e. The van der Waals surface area contributed by atoms with Crippen LogP contribution in [-0.2, 0) is 4.74 Å². The van der Waals surface area contributed by atoms with Gasteiger partial charge in [0.05, 0.1) is 5.56 Å². The number of aromatic hydroxyl groups is 1. The Balaban J connectivity index is 1.63. The first kappa shape index (κ1) is 21.1. The maximum absolute atomic E-state index is 12.8. The molecule has 0 saturated carbocycles. The van der Waals surface area contributed by atoms with Crippen LogP contribution in [0.4, 0.5) is 10.2 Å². The molecule has 5 rings (SSSR count). The number of alkyl halides is 1. The van der Waals surface area contributed by atoms with Gasteiger partial charge in [-0.2, -0.15) is 0 Å². The van der Waals surface area contributed by atoms with Gasteiger partial charge in [0.1, 0.15) is 24.1 Å². The molecule has 0 radical (unpaired) electrons. The molecule has 2 aliphatic heterocycles. The molecule has 0 atom stereocenters. The molecule has 0 unspecified atom stereocenters. The Morgan fingerprint density at radius 2 is 1.81 bits per heavy atom. The molecule has 4 heterocycles. The average molecular weight is 441 g/mol. The highest BCUT2D eigenvalue weighted by molar-refractivity contribution is 5.88. The number of para-hydroxylation sites is 1. The number of fused-ring (bicyclic) bond motifs is 1. The molecule has 1 aromatic carbocycles. The number of imidazole rings is 1. The largest absolute Gasteiger partial charge is 0.507 e. The quantitative estimate of drug-likeness (QED) is 0.653. The smallest absolute Gasteiger partial charge is 0.166 e. The second-order valence-electron chi connectivity index (χ2n) is 8.45. The van der Waals surface area contributed by atoms with Gasteiger partial charge < -0.3 is 19.3 Å². The Hall–Kier alpha value is -2.78. The van der Waals surface area contributed by atoms with E-state index < -0.39 is 0 Å². The summed E-state index contributed by atoms with van der Waals surface area (Å²) in [5.74, 6) is 2.41. The number of anilines is 1. The van der Waals surface area contributed by atoms with Crippen LogP contribution in [-0.4, -0.2) is 82.1 Å². The maximum Gasteiger partial charge on any atom is 0.166 e. The molecule has 0 bridgehead atoms. The minimum absolute atomic E-state index is 0.187. The molecule has 9 heteroatoms. The van der Waals surface area contributed by atoms with Crippen LogP contribution >= 0.6 is 0 Å². The summed E-state index contributed by atoms with van der Waals surface area (Å²) in [6.07, 6.45) is 1.73. The van der Waals surface area contributed by atoms with Gasteiger partial charge in [-0.25, -0.2) is 19.3 Å². The van der Waals surface area contributed by atoms with Crippen LogP contribution in [0.25, 0.3) is 22.6 Å². The third-order valence-corrected chi connectivity index (χ3v) is 6.41. The summed E-state index contributed by atoms with van der Waals surface area (Å²) in [5, 5.41) is 10.6. The second kappa shape index (κ2) is 8.99. The number of halogens is 1. The minimum atomic E-state index is -0.323. The van der Waals surface area contributed by atoms with E-state index in [1.807, 2.05) is 25.1 Å². The van der Waals surface area contributed by atoms with Crippen molar-refractivity contribution < 1.29 is 14.2 Å². The fourth-order valence-electron chi connectivity index (χ4n) is 4.73. The zero-order valence-corrected chi connectivity index (χ0v) is 18.4. The van der Waals surface area contributed by atoms with Crippen molar-refractivity contribution in [1.29, 1.82) is 0 Å². The molecule has 8 nitrogen and oxygen atoms in total. The fourth-order valence-corrected chi connectivity index (χ4v) is 4.73. The first-order valence-electron chi connectivity index (χ1n) is 11.3. The van der Waals surface area contributed by atoms with Crippen LogP contribution in [0.15, 0.2) is 24.3 Å². The fraction of sp³-hybridized carbons (Fsp3) is 0.522. The van der Waals surface area contributed by atoms with E-state index in [4.69, 9.17) is 19.7 Å². The van der Waals surface area contributed by atoms with Crippen molar-refractivity contribution in [3.63, 3.8) is 0 Å². The molecule has 170 valence electrons. The van der Waals surface area contributed by atoms with E-state index in [1.54, 1.807) is 6.07 Å². The van der Waals surface area contributed by atoms with Gasteiger partial charge in [-0.05, 0) is 31.9 Å². The van der Waals surface area contributed by atoms with Crippen LogP contribution in [0.5, 0.6) is 5.75 Å². The van der Waals surface area contributed by atoms with E-state index in [2.05, 4.69) is 14.4 Å². The lowest BCUT2D eigenvalue weighted by atomic mass is 10.1. The number of nitrogens with zero attached hydrogens (tertiary/aromatic N) is 6. The molecule has 2 aromatic heterocycles. The van der Waals surface area contributed by atoms with Gasteiger partial charge >= 0.3 is 0 Å². The number of phenols is 1. The van der Waals surface area contributed by atoms with Crippen molar-refractivity contribution in [1.82, 2.24) is 24.4 Å². The highest BCUT2D eigenvalue weighted by Crippen LogP contribution is 2.37. The number of phenolic OH excluding ortho intramolecular Hbond substituents is 1. The number of benzene rings is 1. The predicted molar refractivity (Wildman–Crippen MR) is 121 cm³/mol. The Morgan fingerprint density at radius 3 is 2.53 bits per heavy atom. The first-order chi connectivity index (χ1) is 15.7. The summed E-state index contributed by atoms with van der Waals surface area (Å²) in [6, 6.07) is 7.48. The molecule has 1 N–H and O–H groups in total. The number of rotatable bonds is 5. The number of ether oxygens (including phenoxy) is 1. The molecule has 2 aliphatic rings. The molecule has 2 fully saturated rings. The van der Waals surface area contributed by atoms with E-state index in [-0.39, 0.29) is 18.5 Å². The van der Waals surface area contributed by atoms with Crippen LogP contribution in [0.1, 0.15) is 24.7 Å². The van der Waals surface area contributed by atoms with Crippen LogP contribution in [0, 0.1) is 6.92 Å². The lowest BCUT2D eigenvalue weighted by Gasteiger charge is -2.35. The monoisotopic (exact) mass is 440 g/mol. The second-order valence-corrected chi connectivity index (χ2v) is 8.45. The van der Waals surface area contributed by atoms with Gasteiger partial charge in [-0.15, -0.1) is 0 Å². The van der Waals surface area contributed by atoms with Crippen LogP contribution in [0.2, 0.25) is 0 Å². The summed E-state index contributed by atoms with van der Waals surface area (Å²) in [5.41, 5.74) is 2.23. The third kappa shape index (κ3) is 3.91. The van der Waals surface area contributed by atoms with Crippen LogP contribution < -0.4 is 4.90 Å². The van der Waals surface area contributed by atoms with Gasteiger partial charge in [-0.3, -0.25) is 4.90 Å². The highest BCUT2D eigenvalue weighted by atomic mass is 19.1. The van der Waals surface area contributed by atoms with Gasteiger partial charge in [0.15, 0.2) is 17.0 Å². The Kier molecular flexibility index (Phi) is 5.93. The normalized spacial score (nSPS) is 18.5. The van der Waals surface area contributed by atoms with Crippen molar-refractivity contribution in [2.75, 3.05) is 57.5 Å². The van der Waals surface area contributed by atoms with E-state index in [0.29, 0.717) is 37.0 Å². The lowest BCUT2D eigenvalue weighted by molar-refractivity contribution is 0.0708. The zero-order chi connectivity index (χ0) is 22.1. The molecule has 3 aromatic rings. The lowest BCUT2D eigenvalue weighted by Crippen LogP contribution is -2.47. The number of aryl methyl sites for hydroxylation is 1. The summed E-state index contributed by atoms with van der Waals surface area (Å²) in [6.45, 7) is 6.56. The van der Waals surface area contributed by atoms with E-state index >= 15 is 0 Å². The number of piperazine rings is 1. The van der Waals surface area contributed by atoms with Gasteiger partial charge in [0.25, 0.3) is 0 Å². The van der Waals surface area contributed by atoms with Crippen LogP contribution in [0.3, 0.4) is 0 Å². The zero-order valence-electron chi connectivity index (χ0n) is 18.4. The van der Waals surface area contributed by atoms with Gasteiger partial charge in [0, 0.05) is 52.0 Å². The summed E-state index contributed by atoms with van der Waals surface area (Å²) >= 11 is 0. The molecule has 0 amide bonds. The van der Waals surface area contributed by atoms with Crippen molar-refractivity contribution >= 4 is 17.0 Å². The number of hydrogen-bond acceptors (Lipinski definition) is 7. The third-order valence-electron chi connectivity index (χ3n) is 6.41. The van der Waals surface area contributed by atoms with Gasteiger partial charge in [0.2, 0.25) is 0 Å². The van der Waals surface area contributed by atoms with Crippen molar-refractivity contribution in [3.8, 4) is 17.1 Å². The van der Waals surface area contributed by atoms with E-state index in [0.717, 1.165) is 56.0 Å². The van der Waals surface area contributed by atoms with Crippen molar-refractivity contribution in [2.24, 2.45) is 0 Å². The Labute approximate surface area is 186 Å².